The Hall–Kier alpha value is -4.97. The number of hydrogen-bond acceptors (Lipinski definition) is 7. The van der Waals surface area contributed by atoms with Crippen molar-refractivity contribution >= 4 is 46.3 Å². The summed E-state index contributed by atoms with van der Waals surface area (Å²) in [7, 11) is 1.79. The molecule has 6 rings (SSSR count). The normalized spacial score (nSPS) is 15.3. The van der Waals surface area contributed by atoms with E-state index in [9.17, 15) is 19.5 Å². The first-order valence-corrected chi connectivity index (χ1v) is 15.8. The summed E-state index contributed by atoms with van der Waals surface area (Å²) in [5.74, 6) is -1.12. The van der Waals surface area contributed by atoms with Crippen LogP contribution in [-0.4, -0.2) is 63.3 Å². The average molecular weight is 656 g/mol. The Morgan fingerprint density at radius 3 is 2.54 bits per heavy atom. The zero-order chi connectivity index (χ0) is 32.2. The number of aryl methyl sites for hydroxylation is 1. The molecule has 5 aromatic rings. The maximum Gasteiger partial charge on any atom is 0.262 e. The Balaban J connectivity index is 1.20. The highest BCUT2D eigenvalue weighted by Gasteiger charge is 2.37. The van der Waals surface area contributed by atoms with Gasteiger partial charge in [0, 0.05) is 41.6 Å². The number of rotatable bonds is 8. The van der Waals surface area contributed by atoms with E-state index < -0.39 is 23.9 Å². The van der Waals surface area contributed by atoms with Crippen LogP contribution in [0.2, 0.25) is 5.02 Å². The second kappa shape index (κ2) is 13.6. The van der Waals surface area contributed by atoms with Gasteiger partial charge in [-0.15, -0.1) is 11.3 Å². The second-order valence-corrected chi connectivity index (χ2v) is 12.1. The van der Waals surface area contributed by atoms with E-state index in [4.69, 9.17) is 16.3 Å². The molecule has 1 aliphatic heterocycles. The van der Waals surface area contributed by atoms with Crippen molar-refractivity contribution in [3.05, 3.63) is 112 Å². The van der Waals surface area contributed by atoms with Crippen LogP contribution in [0.1, 0.15) is 21.3 Å². The first-order valence-electron chi connectivity index (χ1n) is 14.5. The van der Waals surface area contributed by atoms with Crippen molar-refractivity contribution in [2.75, 3.05) is 25.1 Å². The molecule has 3 amide bonds. The molecule has 0 bridgehead atoms. The van der Waals surface area contributed by atoms with Gasteiger partial charge in [0.2, 0.25) is 5.91 Å². The number of nitrogens with one attached hydrogen (secondary N) is 2. The highest BCUT2D eigenvalue weighted by atomic mass is 35.5. The summed E-state index contributed by atoms with van der Waals surface area (Å²) in [5, 5.41) is 23.0. The molecule has 0 spiro atoms. The number of carbonyl (C=O) groups excluding carboxylic acids is 3. The van der Waals surface area contributed by atoms with Gasteiger partial charge in [-0.25, -0.2) is 0 Å². The molecule has 46 heavy (non-hydrogen) atoms. The van der Waals surface area contributed by atoms with E-state index in [0.29, 0.717) is 32.4 Å². The average Bonchev–Trinajstić information content (AvgIpc) is 3.76. The lowest BCUT2D eigenvalue weighted by Gasteiger charge is -2.37. The van der Waals surface area contributed by atoms with E-state index in [1.807, 2.05) is 24.4 Å². The molecule has 2 atom stereocenters. The molecule has 1 fully saturated rings. The van der Waals surface area contributed by atoms with Crippen LogP contribution >= 0.6 is 22.9 Å². The van der Waals surface area contributed by atoms with Crippen molar-refractivity contribution in [3.63, 3.8) is 0 Å². The molecule has 1 aliphatic rings. The maximum absolute atomic E-state index is 14.0. The predicted molar refractivity (Wildman–Crippen MR) is 177 cm³/mol. The number of phenolic OH excluding ortho intramolecular Hbond substituents is 1. The Morgan fingerprint density at radius 1 is 1.02 bits per heavy atom. The molecule has 3 heterocycles. The fraction of sp³-hybridized carbons (Fsp3) is 0.176. The standard InChI is InChI=1S/C34H30ClN5O5S/c1-39-19-26(31(38-39)25-18-23(35)11-14-28(25)41)21-9-12-24(13-10-21)36-32(42)27-20-45-16-15-40(27)34(44)30(22-6-3-2-4-7-22)37-33(43)29-8-5-17-46-29/h2-14,17-19,27,30,41H,15-16,20H2,1H3,(H,36,42)(H,37,43)/t27-,30+/m0/s1. The summed E-state index contributed by atoms with van der Waals surface area (Å²) in [6.07, 6.45) is 1.84. The largest absolute Gasteiger partial charge is 0.507 e. The molecule has 3 aromatic carbocycles. The maximum atomic E-state index is 14.0. The Bertz CT molecular complexity index is 1860. The number of halogens is 1. The first kappa shape index (κ1) is 31.0. The van der Waals surface area contributed by atoms with Crippen LogP contribution < -0.4 is 10.6 Å². The number of aromatic nitrogens is 2. The van der Waals surface area contributed by atoms with Gasteiger partial charge in [0.05, 0.1) is 18.1 Å². The predicted octanol–water partition coefficient (Wildman–Crippen LogP) is 5.51. The third-order valence-electron chi connectivity index (χ3n) is 7.62. The van der Waals surface area contributed by atoms with Gasteiger partial charge in [-0.3, -0.25) is 19.1 Å². The number of thiophene rings is 1. The molecule has 0 saturated carbocycles. The van der Waals surface area contributed by atoms with Gasteiger partial charge >= 0.3 is 0 Å². The minimum Gasteiger partial charge on any atom is -0.507 e. The summed E-state index contributed by atoms with van der Waals surface area (Å²) < 4.78 is 7.27. The zero-order valence-electron chi connectivity index (χ0n) is 24.7. The molecule has 234 valence electrons. The van der Waals surface area contributed by atoms with Crippen molar-refractivity contribution in [1.82, 2.24) is 20.0 Å². The quantitative estimate of drug-likeness (QED) is 0.202. The van der Waals surface area contributed by atoms with Crippen LogP contribution in [0.25, 0.3) is 22.4 Å². The fourth-order valence-corrected chi connectivity index (χ4v) is 6.15. The highest BCUT2D eigenvalue weighted by Crippen LogP contribution is 2.37. The van der Waals surface area contributed by atoms with Crippen LogP contribution in [0.3, 0.4) is 0 Å². The lowest BCUT2D eigenvalue weighted by atomic mass is 10.0. The Kier molecular flexibility index (Phi) is 9.16. The fourth-order valence-electron chi connectivity index (χ4n) is 5.35. The van der Waals surface area contributed by atoms with Gasteiger partial charge < -0.3 is 25.4 Å². The summed E-state index contributed by atoms with van der Waals surface area (Å²) in [6.45, 7) is 0.465. The van der Waals surface area contributed by atoms with E-state index in [0.717, 1.165) is 11.1 Å². The molecule has 3 N–H and O–H groups in total. The Morgan fingerprint density at radius 2 is 1.80 bits per heavy atom. The number of ether oxygens (including phenoxy) is 1. The van der Waals surface area contributed by atoms with E-state index in [2.05, 4.69) is 15.7 Å². The lowest BCUT2D eigenvalue weighted by molar-refractivity contribution is -0.148. The molecule has 12 heteroatoms. The number of carbonyl (C=O) groups is 3. The molecule has 0 aliphatic carbocycles. The highest BCUT2D eigenvalue weighted by molar-refractivity contribution is 7.12. The van der Waals surface area contributed by atoms with E-state index in [1.165, 1.54) is 22.3 Å². The van der Waals surface area contributed by atoms with E-state index in [1.54, 1.807) is 77.8 Å². The molecular weight excluding hydrogens is 626 g/mol. The monoisotopic (exact) mass is 655 g/mol. The van der Waals surface area contributed by atoms with E-state index >= 15 is 0 Å². The minimum absolute atomic E-state index is 0.0121. The van der Waals surface area contributed by atoms with Crippen LogP contribution in [-0.2, 0) is 21.4 Å². The second-order valence-electron chi connectivity index (χ2n) is 10.7. The lowest BCUT2D eigenvalue weighted by Crippen LogP contribution is -2.57. The number of nitrogens with zero attached hydrogens (tertiary/aromatic N) is 3. The third kappa shape index (κ3) is 6.66. The number of benzene rings is 3. The smallest absolute Gasteiger partial charge is 0.262 e. The number of phenols is 1. The van der Waals surface area contributed by atoms with Gasteiger partial charge in [-0.1, -0.05) is 60.1 Å². The topological polar surface area (TPSA) is 126 Å². The third-order valence-corrected chi connectivity index (χ3v) is 8.72. The van der Waals surface area contributed by atoms with Crippen LogP contribution in [0.4, 0.5) is 5.69 Å². The summed E-state index contributed by atoms with van der Waals surface area (Å²) in [6, 6.07) is 22.5. The van der Waals surface area contributed by atoms with Gasteiger partial charge in [0.1, 0.15) is 23.5 Å². The van der Waals surface area contributed by atoms with Gasteiger partial charge in [-0.05, 0) is 52.9 Å². The van der Waals surface area contributed by atoms with Crippen molar-refractivity contribution < 1.29 is 24.2 Å². The van der Waals surface area contributed by atoms with Crippen molar-refractivity contribution in [3.8, 4) is 28.1 Å². The minimum atomic E-state index is -0.990. The van der Waals surface area contributed by atoms with Crippen molar-refractivity contribution in [2.24, 2.45) is 7.05 Å². The number of aromatic hydroxyl groups is 1. The van der Waals surface area contributed by atoms with Crippen molar-refractivity contribution in [1.29, 1.82) is 0 Å². The van der Waals surface area contributed by atoms with Crippen LogP contribution in [0.5, 0.6) is 5.75 Å². The van der Waals surface area contributed by atoms with Gasteiger partial charge in [0.25, 0.3) is 11.8 Å². The molecule has 1 saturated heterocycles. The molecule has 2 aromatic heterocycles. The molecule has 0 unspecified atom stereocenters. The van der Waals surface area contributed by atoms with E-state index in [-0.39, 0.29) is 31.4 Å². The molecular formula is C34H30ClN5O5S. The first-order chi connectivity index (χ1) is 22.3. The summed E-state index contributed by atoms with van der Waals surface area (Å²) in [5.41, 5.74) is 3.78. The molecule has 10 nitrogen and oxygen atoms in total. The number of anilines is 1. The van der Waals surface area contributed by atoms with Gasteiger partial charge in [-0.2, -0.15) is 5.10 Å². The van der Waals surface area contributed by atoms with Crippen LogP contribution in [0.15, 0.2) is 96.5 Å². The van der Waals surface area contributed by atoms with Crippen molar-refractivity contribution in [2.45, 2.75) is 12.1 Å². The Labute approximate surface area is 274 Å². The van der Waals surface area contributed by atoms with Crippen LogP contribution in [0, 0.1) is 0 Å². The summed E-state index contributed by atoms with van der Waals surface area (Å²) in [4.78, 5) is 42.6. The summed E-state index contributed by atoms with van der Waals surface area (Å²) >= 11 is 7.47. The van der Waals surface area contributed by atoms with Gasteiger partial charge in [0.15, 0.2) is 0 Å². The molecule has 0 radical (unpaired) electrons. The number of morpholine rings is 1. The number of hydrogen-bond donors (Lipinski definition) is 3. The zero-order valence-corrected chi connectivity index (χ0v) is 26.3. The number of amides is 3. The SMILES string of the molecule is Cn1cc(-c2ccc(NC(=O)[C@@H]3COCCN3C(=O)[C@H](NC(=O)c3cccs3)c3ccccc3)cc2)c(-c2cc(Cl)ccc2O)n1.